The first-order chi connectivity index (χ1) is 9.58. The molecule has 108 valence electrons. The minimum absolute atomic E-state index is 0.0649. The maximum absolute atomic E-state index is 12.2. The smallest absolute Gasteiger partial charge is 0.317 e. The Morgan fingerprint density at radius 1 is 1.15 bits per heavy atom. The molecule has 6 nitrogen and oxygen atoms in total. The van der Waals surface area contributed by atoms with Crippen LogP contribution in [0.5, 0.6) is 0 Å². The third kappa shape index (κ3) is 3.46. The standard InChI is InChI=1S/C14H20N4O2/c1-11(2)16-14(20)18-9-7-17(8-10-18)13(19)12-5-3-4-6-15-12/h3-6,11H,7-10H2,1-2H3,(H,16,20). The lowest BCUT2D eigenvalue weighted by atomic mass is 10.2. The number of carbonyl (C=O) groups excluding carboxylic acids is 2. The second kappa shape index (κ2) is 6.36. The van der Waals surface area contributed by atoms with Crippen molar-refractivity contribution in [2.75, 3.05) is 26.2 Å². The predicted octanol–water partition coefficient (Wildman–Crippen LogP) is 0.957. The van der Waals surface area contributed by atoms with Crippen LogP contribution in [0.1, 0.15) is 24.3 Å². The van der Waals surface area contributed by atoms with Crippen LogP contribution < -0.4 is 5.32 Å². The quantitative estimate of drug-likeness (QED) is 0.875. The molecule has 0 spiro atoms. The maximum Gasteiger partial charge on any atom is 0.317 e. The molecule has 0 unspecified atom stereocenters. The van der Waals surface area contributed by atoms with E-state index in [0.29, 0.717) is 31.9 Å². The van der Waals surface area contributed by atoms with Crippen LogP contribution in [-0.4, -0.2) is 58.9 Å². The van der Waals surface area contributed by atoms with Gasteiger partial charge >= 0.3 is 6.03 Å². The minimum atomic E-state index is -0.0745. The molecule has 1 aliphatic rings. The fourth-order valence-corrected chi connectivity index (χ4v) is 2.10. The molecular formula is C14H20N4O2. The van der Waals surface area contributed by atoms with Gasteiger partial charge in [0.25, 0.3) is 5.91 Å². The average Bonchev–Trinajstić information content (AvgIpc) is 2.47. The van der Waals surface area contributed by atoms with E-state index in [9.17, 15) is 9.59 Å². The molecule has 1 aromatic rings. The predicted molar refractivity (Wildman–Crippen MR) is 75.4 cm³/mol. The van der Waals surface area contributed by atoms with Gasteiger partial charge in [-0.25, -0.2) is 4.79 Å². The fraction of sp³-hybridized carbons (Fsp3) is 0.500. The van der Waals surface area contributed by atoms with Crippen molar-refractivity contribution in [2.24, 2.45) is 0 Å². The van der Waals surface area contributed by atoms with E-state index in [0.717, 1.165) is 0 Å². The van der Waals surface area contributed by atoms with Crippen LogP contribution in [0, 0.1) is 0 Å². The van der Waals surface area contributed by atoms with Gasteiger partial charge in [-0.15, -0.1) is 0 Å². The van der Waals surface area contributed by atoms with E-state index in [4.69, 9.17) is 0 Å². The Hall–Kier alpha value is -2.11. The SMILES string of the molecule is CC(C)NC(=O)N1CCN(C(=O)c2ccccn2)CC1. The Morgan fingerprint density at radius 2 is 1.80 bits per heavy atom. The zero-order valence-corrected chi connectivity index (χ0v) is 11.9. The number of piperazine rings is 1. The molecule has 2 rings (SSSR count). The van der Waals surface area contributed by atoms with Crippen molar-refractivity contribution in [3.05, 3.63) is 30.1 Å². The topological polar surface area (TPSA) is 65.5 Å². The monoisotopic (exact) mass is 276 g/mol. The van der Waals surface area contributed by atoms with Crippen LogP contribution in [0.3, 0.4) is 0 Å². The molecule has 0 radical (unpaired) electrons. The Kier molecular flexibility index (Phi) is 4.55. The molecule has 1 aliphatic heterocycles. The zero-order valence-electron chi connectivity index (χ0n) is 11.9. The van der Waals surface area contributed by atoms with E-state index in [2.05, 4.69) is 10.3 Å². The Balaban J connectivity index is 1.88. The van der Waals surface area contributed by atoms with Crippen molar-refractivity contribution in [1.82, 2.24) is 20.1 Å². The van der Waals surface area contributed by atoms with E-state index in [-0.39, 0.29) is 18.0 Å². The second-order valence-corrected chi connectivity index (χ2v) is 5.10. The first-order valence-electron chi connectivity index (χ1n) is 6.83. The second-order valence-electron chi connectivity index (χ2n) is 5.10. The van der Waals surface area contributed by atoms with Gasteiger partial charge in [0.05, 0.1) is 0 Å². The Bertz CT molecular complexity index is 467. The highest BCUT2D eigenvalue weighted by atomic mass is 16.2. The lowest BCUT2D eigenvalue weighted by molar-refractivity contribution is 0.0658. The number of nitrogens with one attached hydrogen (secondary N) is 1. The highest BCUT2D eigenvalue weighted by molar-refractivity contribution is 5.92. The number of hydrogen-bond acceptors (Lipinski definition) is 3. The van der Waals surface area contributed by atoms with Crippen molar-refractivity contribution in [1.29, 1.82) is 0 Å². The summed E-state index contributed by atoms with van der Waals surface area (Å²) in [6.45, 7) is 6.05. The van der Waals surface area contributed by atoms with E-state index in [1.165, 1.54) is 0 Å². The van der Waals surface area contributed by atoms with Gasteiger partial charge in [0, 0.05) is 38.4 Å². The van der Waals surface area contributed by atoms with Gasteiger partial charge in [0.1, 0.15) is 5.69 Å². The Labute approximate surface area is 118 Å². The molecular weight excluding hydrogens is 256 g/mol. The fourth-order valence-electron chi connectivity index (χ4n) is 2.10. The van der Waals surface area contributed by atoms with Crippen molar-refractivity contribution in [3.63, 3.8) is 0 Å². The number of rotatable bonds is 2. The third-order valence-electron chi connectivity index (χ3n) is 3.15. The summed E-state index contributed by atoms with van der Waals surface area (Å²) in [5, 5.41) is 2.86. The van der Waals surface area contributed by atoms with E-state index >= 15 is 0 Å². The number of amides is 3. The van der Waals surface area contributed by atoms with Gasteiger partial charge in [-0.2, -0.15) is 0 Å². The summed E-state index contributed by atoms with van der Waals surface area (Å²) in [5.41, 5.74) is 0.451. The maximum atomic E-state index is 12.2. The molecule has 1 aromatic heterocycles. The molecule has 1 saturated heterocycles. The first kappa shape index (κ1) is 14.3. The average molecular weight is 276 g/mol. The van der Waals surface area contributed by atoms with Crippen LogP contribution in [0.4, 0.5) is 4.79 Å². The molecule has 2 heterocycles. The number of hydrogen-bond donors (Lipinski definition) is 1. The lowest BCUT2D eigenvalue weighted by Crippen LogP contribution is -2.54. The number of aromatic nitrogens is 1. The highest BCUT2D eigenvalue weighted by Gasteiger charge is 2.25. The Morgan fingerprint density at radius 3 is 2.35 bits per heavy atom. The summed E-state index contributed by atoms with van der Waals surface area (Å²) in [4.78, 5) is 31.6. The first-order valence-corrected chi connectivity index (χ1v) is 6.83. The molecule has 1 fully saturated rings. The van der Waals surface area contributed by atoms with Crippen LogP contribution in [-0.2, 0) is 0 Å². The van der Waals surface area contributed by atoms with Crippen molar-refractivity contribution < 1.29 is 9.59 Å². The number of urea groups is 1. The van der Waals surface area contributed by atoms with Crippen molar-refractivity contribution in [2.45, 2.75) is 19.9 Å². The lowest BCUT2D eigenvalue weighted by Gasteiger charge is -2.34. The normalized spacial score (nSPS) is 15.3. The zero-order chi connectivity index (χ0) is 14.5. The molecule has 0 saturated carbocycles. The minimum Gasteiger partial charge on any atom is -0.336 e. The summed E-state index contributed by atoms with van der Waals surface area (Å²) in [6.07, 6.45) is 1.61. The molecule has 0 bridgehead atoms. The summed E-state index contributed by atoms with van der Waals surface area (Å²) in [5.74, 6) is -0.0745. The number of carbonyl (C=O) groups is 2. The number of nitrogens with zero attached hydrogens (tertiary/aromatic N) is 3. The van der Waals surface area contributed by atoms with Crippen LogP contribution in [0.15, 0.2) is 24.4 Å². The van der Waals surface area contributed by atoms with E-state index < -0.39 is 0 Å². The van der Waals surface area contributed by atoms with Gasteiger partial charge in [-0.1, -0.05) is 6.07 Å². The van der Waals surface area contributed by atoms with Gasteiger partial charge in [0.2, 0.25) is 0 Å². The summed E-state index contributed by atoms with van der Waals surface area (Å²) in [7, 11) is 0. The van der Waals surface area contributed by atoms with Gasteiger partial charge in [0.15, 0.2) is 0 Å². The molecule has 20 heavy (non-hydrogen) atoms. The van der Waals surface area contributed by atoms with Crippen LogP contribution in [0.2, 0.25) is 0 Å². The molecule has 6 heteroatoms. The van der Waals surface area contributed by atoms with Crippen LogP contribution >= 0.6 is 0 Å². The summed E-state index contributed by atoms with van der Waals surface area (Å²) < 4.78 is 0. The third-order valence-corrected chi connectivity index (χ3v) is 3.15. The molecule has 0 aromatic carbocycles. The van der Waals surface area contributed by atoms with E-state index in [1.54, 1.807) is 34.2 Å². The molecule has 0 aliphatic carbocycles. The van der Waals surface area contributed by atoms with Crippen molar-refractivity contribution >= 4 is 11.9 Å². The molecule has 0 atom stereocenters. The van der Waals surface area contributed by atoms with Gasteiger partial charge < -0.3 is 15.1 Å². The summed E-state index contributed by atoms with van der Waals surface area (Å²) >= 11 is 0. The van der Waals surface area contributed by atoms with Gasteiger partial charge in [-0.3, -0.25) is 9.78 Å². The largest absolute Gasteiger partial charge is 0.336 e. The van der Waals surface area contributed by atoms with E-state index in [1.807, 2.05) is 13.8 Å². The summed E-state index contributed by atoms with van der Waals surface area (Å²) in [6, 6.07) is 5.35. The van der Waals surface area contributed by atoms with Gasteiger partial charge in [-0.05, 0) is 26.0 Å². The molecule has 3 amide bonds. The number of pyridine rings is 1. The highest BCUT2D eigenvalue weighted by Crippen LogP contribution is 2.07. The van der Waals surface area contributed by atoms with Crippen LogP contribution in [0.25, 0.3) is 0 Å². The van der Waals surface area contributed by atoms with Crippen molar-refractivity contribution in [3.8, 4) is 0 Å². The molecule has 1 N–H and O–H groups in total.